The highest BCUT2D eigenvalue weighted by molar-refractivity contribution is 5.91. The van der Waals surface area contributed by atoms with Crippen LogP contribution in [0.25, 0.3) is 11.0 Å². The molecule has 3 heterocycles. The molecule has 1 N–H and O–H groups in total. The van der Waals surface area contributed by atoms with Crippen molar-refractivity contribution in [3.63, 3.8) is 0 Å². The number of nitrogens with one attached hydrogen (secondary N) is 1. The number of nitrogens with zero attached hydrogens (tertiary/aromatic N) is 3. The second-order valence-corrected chi connectivity index (χ2v) is 9.77. The second kappa shape index (κ2) is 11.7. The largest absolute Gasteiger partial charge is 0.492 e. The molecule has 8 nitrogen and oxygen atoms in total. The Bertz CT molecular complexity index is 1420. The molecule has 0 aliphatic carbocycles. The van der Waals surface area contributed by atoms with Crippen molar-refractivity contribution < 1.29 is 13.9 Å². The van der Waals surface area contributed by atoms with Crippen molar-refractivity contribution in [1.29, 1.82) is 0 Å². The molecule has 1 saturated heterocycles. The van der Waals surface area contributed by atoms with Crippen molar-refractivity contribution in [1.82, 2.24) is 19.4 Å². The van der Waals surface area contributed by atoms with Crippen LogP contribution in [-0.2, 0) is 6.42 Å². The number of hydrogen-bond acceptors (Lipinski definition) is 5. The minimum Gasteiger partial charge on any atom is -0.492 e. The van der Waals surface area contributed by atoms with Gasteiger partial charge in [0.15, 0.2) is 5.76 Å². The zero-order valence-corrected chi connectivity index (χ0v) is 22.2. The lowest BCUT2D eigenvalue weighted by molar-refractivity contribution is 0.0739. The summed E-state index contributed by atoms with van der Waals surface area (Å²) < 4.78 is 14.0. The number of amides is 1. The lowest BCUT2D eigenvalue weighted by atomic mass is 10.0. The van der Waals surface area contributed by atoms with Gasteiger partial charge in [0.2, 0.25) is 0 Å². The molecule has 1 amide bonds. The van der Waals surface area contributed by atoms with Crippen LogP contribution in [0.2, 0.25) is 0 Å². The number of rotatable bonds is 10. The van der Waals surface area contributed by atoms with E-state index >= 15 is 0 Å². The summed E-state index contributed by atoms with van der Waals surface area (Å²) in [6.45, 7) is 8.50. The standard InChI is InChI=1S/C30H36N4O4/c1-3-33(4-2)29(35)28-14-13-24(38-28)21-22-9-5-8-12-27(22)37-20-19-32-17-15-23(16-18-32)34-26-11-7-6-10-25(26)31-30(34)36/h5-14,23H,3-4,15-21H2,1-2H3,(H,31,36). The van der Waals surface area contributed by atoms with Gasteiger partial charge in [-0.05, 0) is 57.0 Å². The van der Waals surface area contributed by atoms with Gasteiger partial charge in [-0.1, -0.05) is 30.3 Å². The molecular weight excluding hydrogens is 480 g/mol. The first-order valence-electron chi connectivity index (χ1n) is 13.6. The van der Waals surface area contributed by atoms with Crippen LogP contribution in [-0.4, -0.2) is 64.6 Å². The molecule has 2 aromatic carbocycles. The van der Waals surface area contributed by atoms with Crippen LogP contribution >= 0.6 is 0 Å². The second-order valence-electron chi connectivity index (χ2n) is 9.77. The van der Waals surface area contributed by atoms with Crippen LogP contribution in [0.1, 0.15) is 54.6 Å². The summed E-state index contributed by atoms with van der Waals surface area (Å²) in [5.74, 6) is 1.87. The molecule has 1 fully saturated rings. The number of carbonyl (C=O) groups is 1. The van der Waals surface area contributed by atoms with Crippen molar-refractivity contribution in [3.05, 3.63) is 88.2 Å². The summed E-state index contributed by atoms with van der Waals surface area (Å²) in [6.07, 6.45) is 2.43. The van der Waals surface area contributed by atoms with Crippen LogP contribution in [0, 0.1) is 0 Å². The molecule has 1 aliphatic heterocycles. The summed E-state index contributed by atoms with van der Waals surface area (Å²) in [7, 11) is 0. The number of likely N-dealkylation sites (tertiary alicyclic amines) is 1. The number of hydrogen-bond donors (Lipinski definition) is 1. The predicted octanol–water partition coefficient (Wildman–Crippen LogP) is 4.71. The van der Waals surface area contributed by atoms with Crippen molar-refractivity contribution in [2.24, 2.45) is 0 Å². The summed E-state index contributed by atoms with van der Waals surface area (Å²) >= 11 is 0. The normalized spacial score (nSPS) is 14.7. The monoisotopic (exact) mass is 516 g/mol. The van der Waals surface area contributed by atoms with Crippen molar-refractivity contribution >= 4 is 16.9 Å². The quantitative estimate of drug-likeness (QED) is 0.330. The molecule has 2 aromatic heterocycles. The average molecular weight is 517 g/mol. The molecule has 1 aliphatic rings. The molecule has 8 heteroatoms. The number of benzene rings is 2. The average Bonchev–Trinajstić information content (AvgIpc) is 3.54. The van der Waals surface area contributed by atoms with E-state index in [2.05, 4.69) is 9.88 Å². The topological polar surface area (TPSA) is 83.7 Å². The van der Waals surface area contributed by atoms with Gasteiger partial charge < -0.3 is 19.0 Å². The van der Waals surface area contributed by atoms with Crippen LogP contribution in [0.3, 0.4) is 0 Å². The van der Waals surface area contributed by atoms with Gasteiger partial charge in [-0.3, -0.25) is 14.3 Å². The number of piperidine rings is 1. The zero-order valence-electron chi connectivity index (χ0n) is 22.2. The molecule has 0 atom stereocenters. The molecule has 0 bridgehead atoms. The van der Waals surface area contributed by atoms with Crippen molar-refractivity contribution in [2.75, 3.05) is 39.3 Å². The summed E-state index contributed by atoms with van der Waals surface area (Å²) in [5, 5.41) is 0. The van der Waals surface area contributed by atoms with Gasteiger partial charge in [-0.15, -0.1) is 0 Å². The van der Waals surface area contributed by atoms with Crippen LogP contribution in [0.15, 0.2) is 69.9 Å². The fourth-order valence-corrected chi connectivity index (χ4v) is 5.36. The summed E-state index contributed by atoms with van der Waals surface area (Å²) in [4.78, 5) is 32.3. The Balaban J connectivity index is 1.14. The lowest BCUT2D eigenvalue weighted by Crippen LogP contribution is -2.38. The third-order valence-corrected chi connectivity index (χ3v) is 7.47. The van der Waals surface area contributed by atoms with Crippen molar-refractivity contribution in [2.45, 2.75) is 39.2 Å². The first-order chi connectivity index (χ1) is 18.6. The van der Waals surface area contributed by atoms with Crippen molar-refractivity contribution in [3.8, 4) is 5.75 Å². The molecule has 0 unspecified atom stereocenters. The van der Waals surface area contributed by atoms with E-state index in [9.17, 15) is 9.59 Å². The number of imidazole rings is 1. The number of carbonyl (C=O) groups excluding carboxylic acids is 1. The first kappa shape index (κ1) is 25.9. The predicted molar refractivity (Wildman–Crippen MR) is 148 cm³/mol. The lowest BCUT2D eigenvalue weighted by Gasteiger charge is -2.32. The van der Waals surface area contributed by atoms with E-state index in [1.54, 1.807) is 11.0 Å². The summed E-state index contributed by atoms with van der Waals surface area (Å²) in [5.41, 5.74) is 2.89. The minimum absolute atomic E-state index is 0.0225. The maximum absolute atomic E-state index is 12.6. The highest BCUT2D eigenvalue weighted by atomic mass is 16.5. The number of H-pyrrole nitrogens is 1. The first-order valence-corrected chi connectivity index (χ1v) is 13.6. The maximum atomic E-state index is 12.6. The van der Waals surface area contributed by atoms with Gasteiger partial charge >= 0.3 is 5.69 Å². The molecule has 0 saturated carbocycles. The third-order valence-electron chi connectivity index (χ3n) is 7.47. The van der Waals surface area contributed by atoms with Crippen LogP contribution in [0.4, 0.5) is 0 Å². The fraction of sp³-hybridized carbons (Fsp3) is 0.400. The Morgan fingerprint density at radius 1 is 1.03 bits per heavy atom. The molecule has 4 aromatic rings. The molecule has 0 radical (unpaired) electrons. The highest BCUT2D eigenvalue weighted by Gasteiger charge is 2.23. The minimum atomic E-state index is -0.0795. The highest BCUT2D eigenvalue weighted by Crippen LogP contribution is 2.26. The fourth-order valence-electron chi connectivity index (χ4n) is 5.36. The Hall–Kier alpha value is -3.78. The molecule has 5 rings (SSSR count). The van der Waals surface area contributed by atoms with Crippen LogP contribution < -0.4 is 10.4 Å². The van der Waals surface area contributed by atoms with Crippen LogP contribution in [0.5, 0.6) is 5.75 Å². The van der Waals surface area contributed by atoms with E-state index < -0.39 is 0 Å². The summed E-state index contributed by atoms with van der Waals surface area (Å²) in [6, 6.07) is 19.7. The SMILES string of the molecule is CCN(CC)C(=O)c1ccc(Cc2ccccc2OCCN2CCC(n3c(=O)[nH]c4ccccc43)CC2)o1. The van der Waals surface area contributed by atoms with Gasteiger partial charge in [-0.2, -0.15) is 0 Å². The third kappa shape index (κ3) is 5.55. The van der Waals surface area contributed by atoms with Gasteiger partial charge in [0.1, 0.15) is 18.1 Å². The van der Waals surface area contributed by atoms with Gasteiger partial charge in [0.05, 0.1) is 11.0 Å². The number of aromatic nitrogens is 2. The smallest absolute Gasteiger partial charge is 0.326 e. The Morgan fingerprint density at radius 2 is 1.76 bits per heavy atom. The number of aromatic amines is 1. The van der Waals surface area contributed by atoms with Gasteiger partial charge in [0.25, 0.3) is 5.91 Å². The number of para-hydroxylation sites is 3. The number of fused-ring (bicyclic) bond motifs is 1. The van der Waals surface area contributed by atoms with E-state index in [1.807, 2.05) is 73.0 Å². The number of ether oxygens (including phenoxy) is 1. The number of furan rings is 1. The Labute approximate surface area is 222 Å². The Morgan fingerprint density at radius 3 is 2.55 bits per heavy atom. The zero-order chi connectivity index (χ0) is 26.5. The van der Waals surface area contributed by atoms with Gasteiger partial charge in [-0.25, -0.2) is 4.79 Å². The molecule has 38 heavy (non-hydrogen) atoms. The van der Waals surface area contributed by atoms with E-state index in [0.717, 1.165) is 60.6 Å². The van der Waals surface area contributed by atoms with E-state index in [-0.39, 0.29) is 17.6 Å². The molecule has 0 spiro atoms. The maximum Gasteiger partial charge on any atom is 0.326 e. The Kier molecular flexibility index (Phi) is 7.98. The van der Waals surface area contributed by atoms with E-state index in [4.69, 9.17) is 9.15 Å². The van der Waals surface area contributed by atoms with E-state index in [0.29, 0.717) is 31.9 Å². The molecule has 200 valence electrons. The van der Waals surface area contributed by atoms with E-state index in [1.165, 1.54) is 0 Å². The molecular formula is C30H36N4O4. The van der Waals surface area contributed by atoms with Gasteiger partial charge in [0, 0.05) is 50.7 Å².